The number of aliphatic hydroxyl groups is 1. The lowest BCUT2D eigenvalue weighted by Gasteiger charge is -2.18. The summed E-state index contributed by atoms with van der Waals surface area (Å²) in [5.74, 6) is -1.26. The number of carbonyl (C=O) groups excluding carboxylic acids is 1. The molecule has 0 bridgehead atoms. The molecule has 2 aromatic carbocycles. The number of pyridine rings is 1. The zero-order valence-electron chi connectivity index (χ0n) is 19.2. The van der Waals surface area contributed by atoms with E-state index >= 15 is 0 Å². The molecule has 3 rings (SSSR count). The number of carbonyl (C=O) groups is 1. The largest absolute Gasteiger partial charge is 0.488 e. The summed E-state index contributed by atoms with van der Waals surface area (Å²) in [6.07, 6.45) is -4.28. The number of benzene rings is 2. The topological polar surface area (TPSA) is 113 Å². The first-order valence-electron chi connectivity index (χ1n) is 10.7. The third kappa shape index (κ3) is 6.54. The van der Waals surface area contributed by atoms with Gasteiger partial charge < -0.3 is 30.2 Å². The van der Waals surface area contributed by atoms with Crippen LogP contribution in [-0.2, 0) is 6.18 Å². The van der Waals surface area contributed by atoms with Gasteiger partial charge >= 0.3 is 12.2 Å². The highest BCUT2D eigenvalue weighted by atomic mass is 19.4. The first-order valence-corrected chi connectivity index (χ1v) is 10.7. The first kappa shape index (κ1) is 26.5. The van der Waals surface area contributed by atoms with Crippen molar-refractivity contribution in [2.75, 3.05) is 23.8 Å². The van der Waals surface area contributed by atoms with E-state index in [1.165, 1.54) is 37.4 Å². The predicted octanol–water partition coefficient (Wildman–Crippen LogP) is 5.00. The van der Waals surface area contributed by atoms with Crippen LogP contribution in [0.4, 0.5) is 33.7 Å². The lowest BCUT2D eigenvalue weighted by molar-refractivity contribution is -0.139. The number of aliphatic hydroxyl groups excluding tert-OH is 1. The number of rotatable bonds is 8. The van der Waals surface area contributed by atoms with E-state index in [1.54, 1.807) is 6.92 Å². The van der Waals surface area contributed by atoms with E-state index in [2.05, 4.69) is 15.6 Å². The van der Waals surface area contributed by atoms with E-state index in [-0.39, 0.29) is 23.7 Å². The number of amides is 2. The van der Waals surface area contributed by atoms with Crippen LogP contribution in [0, 0.1) is 5.82 Å². The molecular formula is C24H23F4N3O5. The molecule has 0 spiro atoms. The van der Waals surface area contributed by atoms with Gasteiger partial charge in [-0.15, -0.1) is 0 Å². The highest BCUT2D eigenvalue weighted by Gasteiger charge is 2.35. The average Bonchev–Trinajstić information content (AvgIpc) is 2.82. The SMILES string of the molecule is CCOc1cc(-c2ccc(NC(=O)Nc3ccc(OC(C)CO)c(C(F)(F)F)c3)c(F)c2)c[nH]c1=O. The third-order valence-corrected chi connectivity index (χ3v) is 4.85. The summed E-state index contributed by atoms with van der Waals surface area (Å²) in [4.78, 5) is 26.6. The molecular weight excluding hydrogens is 486 g/mol. The van der Waals surface area contributed by atoms with Crippen LogP contribution in [0.5, 0.6) is 11.5 Å². The molecule has 192 valence electrons. The average molecular weight is 509 g/mol. The zero-order chi connectivity index (χ0) is 26.5. The predicted molar refractivity (Wildman–Crippen MR) is 125 cm³/mol. The van der Waals surface area contributed by atoms with Crippen molar-refractivity contribution in [3.63, 3.8) is 0 Å². The van der Waals surface area contributed by atoms with Gasteiger partial charge in [-0.05, 0) is 55.8 Å². The third-order valence-electron chi connectivity index (χ3n) is 4.85. The Labute approximate surface area is 202 Å². The fraction of sp³-hybridized carbons (Fsp3) is 0.250. The van der Waals surface area contributed by atoms with Crippen LogP contribution in [-0.4, -0.2) is 35.4 Å². The highest BCUT2D eigenvalue weighted by molar-refractivity contribution is 6.00. The molecule has 36 heavy (non-hydrogen) atoms. The summed E-state index contributed by atoms with van der Waals surface area (Å²) in [7, 11) is 0. The highest BCUT2D eigenvalue weighted by Crippen LogP contribution is 2.38. The van der Waals surface area contributed by atoms with Crippen LogP contribution >= 0.6 is 0 Å². The van der Waals surface area contributed by atoms with Crippen LogP contribution in [0.3, 0.4) is 0 Å². The van der Waals surface area contributed by atoms with Gasteiger partial charge in [0.25, 0.3) is 5.56 Å². The number of aromatic nitrogens is 1. The number of nitrogens with one attached hydrogen (secondary N) is 3. The number of H-pyrrole nitrogens is 1. The Bertz CT molecular complexity index is 1290. The van der Waals surface area contributed by atoms with Crippen LogP contribution in [0.25, 0.3) is 11.1 Å². The summed E-state index contributed by atoms with van der Waals surface area (Å²) in [6.45, 7) is 2.89. The molecule has 0 saturated carbocycles. The Morgan fingerprint density at radius 1 is 1.08 bits per heavy atom. The molecule has 1 aromatic heterocycles. The standard InChI is InChI=1S/C24H23F4N3O5/c1-3-35-21-9-15(11-29-22(21)33)14-4-6-19(18(25)8-14)31-23(34)30-16-5-7-20(36-13(2)12-32)17(10-16)24(26,27)28/h4-11,13,32H,3,12H2,1-2H3,(H,29,33)(H2,30,31,34). The van der Waals surface area contributed by atoms with Crippen LogP contribution in [0.15, 0.2) is 53.5 Å². The number of alkyl halides is 3. The van der Waals surface area contributed by atoms with Crippen LogP contribution in [0.2, 0.25) is 0 Å². The summed E-state index contributed by atoms with van der Waals surface area (Å²) < 4.78 is 65.3. The van der Waals surface area contributed by atoms with Crippen molar-refractivity contribution in [1.82, 2.24) is 4.98 Å². The maximum atomic E-state index is 14.7. The van der Waals surface area contributed by atoms with E-state index in [9.17, 15) is 27.2 Å². The number of urea groups is 1. The van der Waals surface area contributed by atoms with Crippen molar-refractivity contribution in [3.05, 3.63) is 70.4 Å². The van der Waals surface area contributed by atoms with Gasteiger partial charge in [0.05, 0.1) is 24.5 Å². The van der Waals surface area contributed by atoms with Crippen LogP contribution in [0.1, 0.15) is 19.4 Å². The number of halogens is 4. The molecule has 4 N–H and O–H groups in total. The molecule has 0 aliphatic carbocycles. The molecule has 3 aromatic rings. The lowest BCUT2D eigenvalue weighted by Crippen LogP contribution is -2.21. The molecule has 1 unspecified atom stereocenters. The van der Waals surface area contributed by atoms with Gasteiger partial charge in [-0.3, -0.25) is 4.79 Å². The van der Waals surface area contributed by atoms with Crippen molar-refractivity contribution in [2.24, 2.45) is 0 Å². The second kappa shape index (κ2) is 11.1. The molecule has 0 aliphatic rings. The van der Waals surface area contributed by atoms with Gasteiger partial charge in [0.2, 0.25) is 0 Å². The number of aromatic amines is 1. The summed E-state index contributed by atoms with van der Waals surface area (Å²) in [5, 5.41) is 13.5. The molecule has 8 nitrogen and oxygen atoms in total. The van der Waals surface area contributed by atoms with Gasteiger partial charge in [-0.25, -0.2) is 9.18 Å². The Hall–Kier alpha value is -4.06. The van der Waals surface area contributed by atoms with Crippen molar-refractivity contribution in [2.45, 2.75) is 26.1 Å². The molecule has 1 atom stereocenters. The normalized spacial score (nSPS) is 12.1. The van der Waals surface area contributed by atoms with Gasteiger partial charge in [-0.2, -0.15) is 13.2 Å². The quantitative estimate of drug-likeness (QED) is 0.319. The van der Waals surface area contributed by atoms with Crippen LogP contribution < -0.4 is 25.7 Å². The Morgan fingerprint density at radius 3 is 2.47 bits per heavy atom. The molecule has 2 amide bonds. The summed E-state index contributed by atoms with van der Waals surface area (Å²) in [5.41, 5.74) is -1.17. The number of hydrogen-bond acceptors (Lipinski definition) is 5. The smallest absolute Gasteiger partial charge is 0.420 e. The van der Waals surface area contributed by atoms with Crippen molar-refractivity contribution < 1.29 is 36.9 Å². The summed E-state index contributed by atoms with van der Waals surface area (Å²) >= 11 is 0. The van der Waals surface area contributed by atoms with E-state index in [0.717, 1.165) is 12.1 Å². The fourth-order valence-electron chi connectivity index (χ4n) is 3.16. The second-order valence-corrected chi connectivity index (χ2v) is 7.61. The molecule has 12 heteroatoms. The number of hydrogen-bond donors (Lipinski definition) is 4. The second-order valence-electron chi connectivity index (χ2n) is 7.61. The first-order chi connectivity index (χ1) is 17.0. The fourth-order valence-corrected chi connectivity index (χ4v) is 3.16. The number of ether oxygens (including phenoxy) is 2. The molecule has 0 saturated heterocycles. The van der Waals surface area contributed by atoms with Gasteiger partial charge in [0.15, 0.2) is 5.75 Å². The minimum absolute atomic E-state index is 0.0671. The van der Waals surface area contributed by atoms with Gasteiger partial charge in [0, 0.05) is 17.4 Å². The molecule has 1 heterocycles. The van der Waals surface area contributed by atoms with E-state index in [0.29, 0.717) is 17.2 Å². The monoisotopic (exact) mass is 509 g/mol. The maximum absolute atomic E-state index is 14.7. The van der Waals surface area contributed by atoms with E-state index in [4.69, 9.17) is 14.6 Å². The van der Waals surface area contributed by atoms with E-state index in [1.807, 2.05) is 0 Å². The van der Waals surface area contributed by atoms with Gasteiger partial charge in [-0.1, -0.05) is 6.07 Å². The lowest BCUT2D eigenvalue weighted by atomic mass is 10.1. The minimum atomic E-state index is -4.79. The summed E-state index contributed by atoms with van der Waals surface area (Å²) in [6, 6.07) is 7.21. The van der Waals surface area contributed by atoms with Crippen molar-refractivity contribution >= 4 is 17.4 Å². The van der Waals surface area contributed by atoms with Crippen molar-refractivity contribution in [3.8, 4) is 22.6 Å². The van der Waals surface area contributed by atoms with E-state index < -0.39 is 47.6 Å². The minimum Gasteiger partial charge on any atom is -0.488 e. The maximum Gasteiger partial charge on any atom is 0.420 e. The Morgan fingerprint density at radius 2 is 1.83 bits per heavy atom. The Kier molecular flexibility index (Phi) is 8.20. The Balaban J connectivity index is 1.76. The zero-order valence-corrected chi connectivity index (χ0v) is 19.2. The molecule has 0 fully saturated rings. The number of anilines is 2. The molecule has 0 aliphatic heterocycles. The van der Waals surface area contributed by atoms with Gasteiger partial charge in [0.1, 0.15) is 17.7 Å². The van der Waals surface area contributed by atoms with Crippen molar-refractivity contribution in [1.29, 1.82) is 0 Å². The molecule has 0 radical (unpaired) electrons.